The first kappa shape index (κ1) is 14.3. The Kier molecular flexibility index (Phi) is 3.85. The van der Waals surface area contributed by atoms with E-state index in [0.29, 0.717) is 20.7 Å². The highest BCUT2D eigenvalue weighted by Crippen LogP contribution is 2.29. The predicted molar refractivity (Wildman–Crippen MR) is 88.8 cm³/mol. The third kappa shape index (κ3) is 2.88. The average molecular weight is 337 g/mol. The van der Waals surface area contributed by atoms with Crippen molar-refractivity contribution in [1.29, 1.82) is 0 Å². The first-order valence-electron chi connectivity index (χ1n) is 6.17. The molecule has 0 atom stereocenters. The molecule has 1 aromatic heterocycles. The van der Waals surface area contributed by atoms with Crippen LogP contribution in [0.25, 0.3) is 10.2 Å². The van der Waals surface area contributed by atoms with E-state index in [1.807, 2.05) is 25.1 Å². The van der Waals surface area contributed by atoms with Gasteiger partial charge in [0.25, 0.3) is 5.91 Å². The molecule has 0 aliphatic carbocycles. The van der Waals surface area contributed by atoms with Gasteiger partial charge in [-0.05, 0) is 36.8 Å². The number of rotatable bonds is 2. The monoisotopic (exact) mass is 336 g/mol. The van der Waals surface area contributed by atoms with Crippen molar-refractivity contribution in [3.63, 3.8) is 0 Å². The minimum absolute atomic E-state index is 0.320. The van der Waals surface area contributed by atoms with Crippen molar-refractivity contribution in [1.82, 2.24) is 4.98 Å². The number of hydrogen-bond donors (Lipinski definition) is 1. The molecule has 3 nitrogen and oxygen atoms in total. The number of carbonyl (C=O) groups is 1. The van der Waals surface area contributed by atoms with Crippen molar-refractivity contribution >= 4 is 55.8 Å². The lowest BCUT2D eigenvalue weighted by molar-refractivity contribution is 0.102. The summed E-state index contributed by atoms with van der Waals surface area (Å²) in [5, 5.41) is 4.13. The SMILES string of the molecule is Cc1cccc2sc(NC(=O)c3cc(Cl)ccc3Cl)nc12. The zero-order valence-corrected chi connectivity index (χ0v) is 13.3. The molecule has 0 unspecified atom stereocenters. The second kappa shape index (κ2) is 5.64. The molecule has 2 aromatic carbocycles. The van der Waals surface area contributed by atoms with Crippen molar-refractivity contribution in [2.45, 2.75) is 6.92 Å². The number of aromatic nitrogens is 1. The van der Waals surface area contributed by atoms with Gasteiger partial charge in [-0.3, -0.25) is 10.1 Å². The van der Waals surface area contributed by atoms with E-state index in [1.54, 1.807) is 12.1 Å². The molecule has 21 heavy (non-hydrogen) atoms. The third-order valence-electron chi connectivity index (χ3n) is 3.01. The summed E-state index contributed by atoms with van der Waals surface area (Å²) in [6, 6.07) is 10.7. The fourth-order valence-corrected chi connectivity index (χ4v) is 3.29. The van der Waals surface area contributed by atoms with E-state index in [4.69, 9.17) is 23.2 Å². The maximum atomic E-state index is 12.3. The second-order valence-corrected chi connectivity index (χ2v) is 6.39. The van der Waals surface area contributed by atoms with Crippen LogP contribution in [0.1, 0.15) is 15.9 Å². The minimum Gasteiger partial charge on any atom is -0.298 e. The molecule has 1 amide bonds. The van der Waals surface area contributed by atoms with Gasteiger partial charge >= 0.3 is 0 Å². The molecule has 0 aliphatic rings. The van der Waals surface area contributed by atoms with E-state index in [2.05, 4.69) is 10.3 Å². The van der Waals surface area contributed by atoms with Gasteiger partial charge in [0.1, 0.15) is 0 Å². The molecule has 3 aromatic rings. The van der Waals surface area contributed by atoms with E-state index >= 15 is 0 Å². The molecule has 0 saturated carbocycles. The Hall–Kier alpha value is -1.62. The summed E-state index contributed by atoms with van der Waals surface area (Å²) in [5.74, 6) is -0.320. The number of thiazole rings is 1. The van der Waals surface area contributed by atoms with Gasteiger partial charge in [-0.1, -0.05) is 46.7 Å². The summed E-state index contributed by atoms with van der Waals surface area (Å²) in [5.41, 5.74) is 2.31. The van der Waals surface area contributed by atoms with Gasteiger partial charge in [0.2, 0.25) is 0 Å². The van der Waals surface area contributed by atoms with Crippen molar-refractivity contribution < 1.29 is 4.79 Å². The molecule has 6 heteroatoms. The quantitative estimate of drug-likeness (QED) is 0.701. The molecule has 1 N–H and O–H groups in total. The van der Waals surface area contributed by atoms with Crippen molar-refractivity contribution in [2.75, 3.05) is 5.32 Å². The number of benzene rings is 2. The normalized spacial score (nSPS) is 10.8. The second-order valence-electron chi connectivity index (χ2n) is 4.52. The van der Waals surface area contributed by atoms with Gasteiger partial charge < -0.3 is 0 Å². The van der Waals surface area contributed by atoms with Gasteiger partial charge in [-0.2, -0.15) is 0 Å². The fourth-order valence-electron chi connectivity index (χ4n) is 1.98. The number of amides is 1. The van der Waals surface area contributed by atoms with Gasteiger partial charge in [0, 0.05) is 5.02 Å². The van der Waals surface area contributed by atoms with Gasteiger partial charge in [0.05, 0.1) is 20.8 Å². The van der Waals surface area contributed by atoms with Crippen LogP contribution in [0.5, 0.6) is 0 Å². The number of para-hydroxylation sites is 1. The maximum Gasteiger partial charge on any atom is 0.259 e. The third-order valence-corrected chi connectivity index (χ3v) is 4.51. The summed E-state index contributed by atoms with van der Waals surface area (Å²) in [7, 11) is 0. The highest BCUT2D eigenvalue weighted by Gasteiger charge is 2.14. The van der Waals surface area contributed by atoms with E-state index in [1.165, 1.54) is 17.4 Å². The highest BCUT2D eigenvalue weighted by molar-refractivity contribution is 7.22. The molecule has 3 rings (SSSR count). The molecule has 0 spiro atoms. The Morgan fingerprint density at radius 1 is 1.24 bits per heavy atom. The van der Waals surface area contributed by atoms with E-state index in [0.717, 1.165) is 15.8 Å². The van der Waals surface area contributed by atoms with Crippen LogP contribution in [-0.4, -0.2) is 10.9 Å². The zero-order valence-electron chi connectivity index (χ0n) is 11.0. The Balaban J connectivity index is 1.93. The number of nitrogens with zero attached hydrogens (tertiary/aromatic N) is 1. The van der Waals surface area contributed by atoms with Crippen molar-refractivity contribution in [2.24, 2.45) is 0 Å². The summed E-state index contributed by atoms with van der Waals surface area (Å²) in [6.45, 7) is 1.99. The number of fused-ring (bicyclic) bond motifs is 1. The van der Waals surface area contributed by atoms with Crippen molar-refractivity contribution in [3.8, 4) is 0 Å². The maximum absolute atomic E-state index is 12.3. The van der Waals surface area contributed by atoms with Crippen LogP contribution in [-0.2, 0) is 0 Å². The van der Waals surface area contributed by atoms with Gasteiger partial charge in [-0.25, -0.2) is 4.98 Å². The van der Waals surface area contributed by atoms with E-state index in [-0.39, 0.29) is 5.91 Å². The van der Waals surface area contributed by atoms with Crippen molar-refractivity contribution in [3.05, 3.63) is 57.6 Å². The number of anilines is 1. The van der Waals surface area contributed by atoms with Crippen LogP contribution in [0.2, 0.25) is 10.0 Å². The zero-order chi connectivity index (χ0) is 15.0. The Bertz CT molecular complexity index is 845. The fraction of sp³-hybridized carbons (Fsp3) is 0.0667. The molecule has 0 aliphatic heterocycles. The van der Waals surface area contributed by atoms with Crippen LogP contribution in [0, 0.1) is 6.92 Å². The summed E-state index contributed by atoms with van der Waals surface area (Å²) < 4.78 is 1.03. The van der Waals surface area contributed by atoms with Gasteiger partial charge in [0.15, 0.2) is 5.13 Å². The predicted octanol–water partition coefficient (Wildman–Crippen LogP) is 5.16. The lowest BCUT2D eigenvalue weighted by Gasteiger charge is -2.04. The standard InChI is InChI=1S/C15H10Cl2N2OS/c1-8-3-2-4-12-13(8)18-15(21-12)19-14(20)10-7-9(16)5-6-11(10)17/h2-7H,1H3,(H,18,19,20). The Morgan fingerprint density at radius 2 is 2.05 bits per heavy atom. The minimum atomic E-state index is -0.320. The summed E-state index contributed by atoms with van der Waals surface area (Å²) in [6.07, 6.45) is 0. The van der Waals surface area contributed by atoms with Crippen LogP contribution in [0.15, 0.2) is 36.4 Å². The molecule has 0 bridgehead atoms. The molecule has 106 valence electrons. The molecule has 0 saturated heterocycles. The first-order chi connectivity index (χ1) is 10.0. The number of nitrogens with one attached hydrogen (secondary N) is 1. The smallest absolute Gasteiger partial charge is 0.259 e. The lowest BCUT2D eigenvalue weighted by atomic mass is 10.2. The Morgan fingerprint density at radius 3 is 2.81 bits per heavy atom. The van der Waals surface area contributed by atoms with Crippen LogP contribution >= 0.6 is 34.5 Å². The largest absolute Gasteiger partial charge is 0.298 e. The number of hydrogen-bond acceptors (Lipinski definition) is 3. The summed E-state index contributed by atoms with van der Waals surface area (Å²) >= 11 is 13.3. The molecule has 0 fully saturated rings. The van der Waals surface area contributed by atoms with E-state index < -0.39 is 0 Å². The Labute approximate surface area is 135 Å². The molecular formula is C15H10Cl2N2OS. The van der Waals surface area contributed by atoms with Crippen LogP contribution < -0.4 is 5.32 Å². The summed E-state index contributed by atoms with van der Waals surface area (Å²) in [4.78, 5) is 16.7. The topological polar surface area (TPSA) is 42.0 Å². The number of halogens is 2. The first-order valence-corrected chi connectivity index (χ1v) is 7.74. The van der Waals surface area contributed by atoms with E-state index in [9.17, 15) is 4.79 Å². The highest BCUT2D eigenvalue weighted by atomic mass is 35.5. The molecule has 1 heterocycles. The van der Waals surface area contributed by atoms with Crippen LogP contribution in [0.3, 0.4) is 0 Å². The number of aryl methyl sites for hydroxylation is 1. The lowest BCUT2D eigenvalue weighted by Crippen LogP contribution is -2.12. The number of carbonyl (C=O) groups excluding carboxylic acids is 1. The molecule has 0 radical (unpaired) electrons. The average Bonchev–Trinajstić information content (AvgIpc) is 2.85. The van der Waals surface area contributed by atoms with Gasteiger partial charge in [-0.15, -0.1) is 0 Å². The molecular weight excluding hydrogens is 327 g/mol. The van der Waals surface area contributed by atoms with Crippen LogP contribution in [0.4, 0.5) is 5.13 Å².